The zero-order valence-corrected chi connectivity index (χ0v) is 28.1. The number of aliphatic hydroxyl groups excluding tert-OH is 1. The second-order valence-corrected chi connectivity index (χ2v) is 14.1. The summed E-state index contributed by atoms with van der Waals surface area (Å²) >= 11 is 1.57. The van der Waals surface area contributed by atoms with E-state index in [9.17, 15) is 24.3 Å². The largest absolute Gasteiger partial charge is 0.444 e. The normalized spacial score (nSPS) is 17.5. The molecule has 0 spiro atoms. The molecule has 1 saturated heterocycles. The molecule has 2 aromatic rings. The minimum atomic E-state index is -0.953. The van der Waals surface area contributed by atoms with Gasteiger partial charge < -0.3 is 35.4 Å². The van der Waals surface area contributed by atoms with Crippen LogP contribution in [0.4, 0.5) is 4.79 Å². The lowest BCUT2D eigenvalue weighted by Gasteiger charge is -2.35. The molecule has 1 aliphatic heterocycles. The second-order valence-electron chi connectivity index (χ2n) is 13.3. The Morgan fingerprint density at radius 1 is 1.09 bits per heavy atom. The van der Waals surface area contributed by atoms with Gasteiger partial charge in [0.25, 0.3) is 0 Å². The Hall–Kier alpha value is -3.55. The summed E-state index contributed by atoms with van der Waals surface area (Å²) in [7, 11) is 0. The van der Waals surface area contributed by atoms with E-state index in [2.05, 4.69) is 20.9 Å². The number of hydrogen-bond acceptors (Lipinski definition) is 9. The maximum absolute atomic E-state index is 13.7. The fourth-order valence-corrected chi connectivity index (χ4v) is 5.64. The SMILES string of the molecule is Cc1ncsc1-c1ccc(CNC(=O)[C@@H]2C[C@@H](O)CN2C(=O)[C@@H](NC(=O)COCCCNC(=O)OC(C)(C)C)C(C)(C)C)cc1. The van der Waals surface area contributed by atoms with Crippen LogP contribution in [0.3, 0.4) is 0 Å². The number of nitrogens with zero attached hydrogens (tertiary/aromatic N) is 2. The number of nitrogens with one attached hydrogen (secondary N) is 3. The molecule has 45 heavy (non-hydrogen) atoms. The monoisotopic (exact) mass is 645 g/mol. The van der Waals surface area contributed by atoms with Gasteiger partial charge in [0.15, 0.2) is 0 Å². The van der Waals surface area contributed by atoms with Crippen molar-refractivity contribution in [2.45, 2.75) is 91.6 Å². The van der Waals surface area contributed by atoms with E-state index in [1.54, 1.807) is 32.1 Å². The number of carbonyl (C=O) groups excluding carboxylic acids is 4. The summed E-state index contributed by atoms with van der Waals surface area (Å²) in [6, 6.07) is 6.02. The lowest BCUT2D eigenvalue weighted by molar-refractivity contribution is -0.144. The highest BCUT2D eigenvalue weighted by Gasteiger charge is 2.44. The Morgan fingerprint density at radius 2 is 1.78 bits per heavy atom. The van der Waals surface area contributed by atoms with Crippen molar-refractivity contribution in [2.24, 2.45) is 5.41 Å². The van der Waals surface area contributed by atoms with Crippen molar-refractivity contribution in [1.29, 1.82) is 0 Å². The van der Waals surface area contributed by atoms with Crippen LogP contribution < -0.4 is 16.0 Å². The molecule has 1 aliphatic rings. The van der Waals surface area contributed by atoms with Crippen molar-refractivity contribution in [1.82, 2.24) is 25.8 Å². The highest BCUT2D eigenvalue weighted by atomic mass is 32.1. The Kier molecular flexibility index (Phi) is 12.5. The highest BCUT2D eigenvalue weighted by Crippen LogP contribution is 2.28. The topological polar surface area (TPSA) is 159 Å². The molecule has 1 aromatic carbocycles. The number of likely N-dealkylation sites (tertiary alicyclic amines) is 1. The van der Waals surface area contributed by atoms with Crippen LogP contribution in [-0.2, 0) is 30.4 Å². The van der Waals surface area contributed by atoms with Crippen molar-refractivity contribution in [2.75, 3.05) is 26.3 Å². The molecular formula is C32H47N5O7S. The van der Waals surface area contributed by atoms with Gasteiger partial charge in [-0.05, 0) is 50.7 Å². The molecule has 4 N–H and O–H groups in total. The summed E-state index contributed by atoms with van der Waals surface area (Å²) in [5.74, 6) is -1.30. The Labute approximate surface area is 269 Å². The lowest BCUT2D eigenvalue weighted by atomic mass is 9.85. The van der Waals surface area contributed by atoms with Crippen LogP contribution in [0.25, 0.3) is 10.4 Å². The third-order valence-electron chi connectivity index (χ3n) is 7.08. The highest BCUT2D eigenvalue weighted by molar-refractivity contribution is 7.13. The van der Waals surface area contributed by atoms with Gasteiger partial charge in [-0.25, -0.2) is 9.78 Å². The number of rotatable bonds is 12. The molecule has 0 bridgehead atoms. The fourth-order valence-electron chi connectivity index (χ4n) is 4.83. The number of aliphatic hydroxyl groups is 1. The van der Waals surface area contributed by atoms with E-state index in [4.69, 9.17) is 9.47 Å². The predicted octanol–water partition coefficient (Wildman–Crippen LogP) is 3.16. The summed E-state index contributed by atoms with van der Waals surface area (Å²) in [6.45, 7) is 13.2. The first-order valence-corrected chi connectivity index (χ1v) is 16.0. The maximum atomic E-state index is 13.7. The number of hydrogen-bond donors (Lipinski definition) is 4. The molecule has 13 heteroatoms. The zero-order chi connectivity index (χ0) is 33.4. The average molecular weight is 646 g/mol. The van der Waals surface area contributed by atoms with Crippen molar-refractivity contribution in [3.63, 3.8) is 0 Å². The van der Waals surface area contributed by atoms with Crippen LogP contribution in [0, 0.1) is 12.3 Å². The number of aryl methyl sites for hydroxylation is 1. The van der Waals surface area contributed by atoms with E-state index in [1.165, 1.54) is 4.90 Å². The third-order valence-corrected chi connectivity index (χ3v) is 8.06. The Bertz CT molecular complexity index is 1320. The van der Waals surface area contributed by atoms with Gasteiger partial charge in [-0.3, -0.25) is 14.4 Å². The molecule has 0 saturated carbocycles. The molecule has 0 unspecified atom stereocenters. The molecule has 0 aliphatic carbocycles. The third kappa shape index (κ3) is 11.1. The number of β-amino-alcohol motifs (C(OH)–C–C–N with tert-alkyl or cyclic N) is 1. The van der Waals surface area contributed by atoms with Crippen molar-refractivity contribution < 1.29 is 33.8 Å². The average Bonchev–Trinajstić information content (AvgIpc) is 3.56. The minimum absolute atomic E-state index is 0.0105. The number of aromatic nitrogens is 1. The molecular weight excluding hydrogens is 598 g/mol. The van der Waals surface area contributed by atoms with Crippen LogP contribution in [-0.4, -0.2) is 88.9 Å². The molecule has 0 radical (unpaired) electrons. The first kappa shape index (κ1) is 35.9. The number of benzene rings is 1. The molecule has 3 rings (SSSR count). The summed E-state index contributed by atoms with van der Waals surface area (Å²) in [6.07, 6.45) is -0.818. The van der Waals surface area contributed by atoms with Crippen molar-refractivity contribution in [3.05, 3.63) is 41.0 Å². The molecule has 1 fully saturated rings. The molecule has 2 heterocycles. The van der Waals surface area contributed by atoms with Crippen LogP contribution in [0.2, 0.25) is 0 Å². The number of thiazole rings is 1. The number of ether oxygens (including phenoxy) is 2. The van der Waals surface area contributed by atoms with Crippen LogP contribution >= 0.6 is 11.3 Å². The van der Waals surface area contributed by atoms with Crippen molar-refractivity contribution in [3.8, 4) is 10.4 Å². The first-order valence-electron chi connectivity index (χ1n) is 15.1. The minimum Gasteiger partial charge on any atom is -0.444 e. The van der Waals surface area contributed by atoms with Gasteiger partial charge in [0, 0.05) is 32.7 Å². The molecule has 4 amide bonds. The summed E-state index contributed by atoms with van der Waals surface area (Å²) in [5.41, 5.74) is 3.45. The van der Waals surface area contributed by atoms with Crippen molar-refractivity contribution >= 4 is 35.2 Å². The zero-order valence-electron chi connectivity index (χ0n) is 27.3. The van der Waals surface area contributed by atoms with E-state index in [0.717, 1.165) is 21.7 Å². The number of carbonyl (C=O) groups is 4. The Balaban J connectivity index is 1.51. The first-order chi connectivity index (χ1) is 21.0. The predicted molar refractivity (Wildman–Crippen MR) is 171 cm³/mol. The second kappa shape index (κ2) is 15.6. The number of alkyl carbamates (subject to hydrolysis) is 1. The van der Waals surface area contributed by atoms with Crippen LogP contribution in [0.15, 0.2) is 29.8 Å². The molecule has 248 valence electrons. The Morgan fingerprint density at radius 3 is 2.38 bits per heavy atom. The van der Waals surface area contributed by atoms with Gasteiger partial charge >= 0.3 is 6.09 Å². The van der Waals surface area contributed by atoms with E-state index in [0.29, 0.717) is 13.0 Å². The fraction of sp³-hybridized carbons (Fsp3) is 0.594. The van der Waals surface area contributed by atoms with E-state index in [1.807, 2.05) is 57.5 Å². The lowest BCUT2D eigenvalue weighted by Crippen LogP contribution is -2.58. The van der Waals surface area contributed by atoms with Gasteiger partial charge in [0.1, 0.15) is 24.3 Å². The summed E-state index contributed by atoms with van der Waals surface area (Å²) in [5, 5.41) is 18.7. The van der Waals surface area contributed by atoms with Gasteiger partial charge in [0.05, 0.1) is 22.2 Å². The molecule has 1 aromatic heterocycles. The maximum Gasteiger partial charge on any atom is 0.407 e. The summed E-state index contributed by atoms with van der Waals surface area (Å²) < 4.78 is 10.6. The number of amides is 4. The van der Waals surface area contributed by atoms with E-state index in [-0.39, 0.29) is 38.6 Å². The van der Waals surface area contributed by atoms with Gasteiger partial charge in [0.2, 0.25) is 17.7 Å². The van der Waals surface area contributed by atoms with Crippen LogP contribution in [0.1, 0.15) is 65.6 Å². The van der Waals surface area contributed by atoms with Crippen LogP contribution in [0.5, 0.6) is 0 Å². The van der Waals surface area contributed by atoms with Gasteiger partial charge in [-0.1, -0.05) is 45.0 Å². The smallest absolute Gasteiger partial charge is 0.407 e. The van der Waals surface area contributed by atoms with Gasteiger partial charge in [-0.15, -0.1) is 11.3 Å². The van der Waals surface area contributed by atoms with E-state index >= 15 is 0 Å². The standard InChI is InChI=1S/C32H47N5O7S/c1-20-26(45-19-35-20)22-11-9-21(10-12-22)16-34-28(40)24-15-23(38)17-37(24)29(41)27(31(2,3)4)36-25(39)18-43-14-8-13-33-30(42)44-32(5,6)7/h9-12,19,23-24,27,38H,8,13-18H2,1-7H3,(H,33,42)(H,34,40)(H,36,39)/t23-,24+,27-/m1/s1. The van der Waals surface area contributed by atoms with E-state index < -0.39 is 47.1 Å². The molecule has 12 nitrogen and oxygen atoms in total. The summed E-state index contributed by atoms with van der Waals surface area (Å²) in [4.78, 5) is 58.2. The molecule has 3 atom stereocenters. The van der Waals surface area contributed by atoms with Gasteiger partial charge in [-0.2, -0.15) is 0 Å². The quantitative estimate of drug-likeness (QED) is 0.256.